The molecule has 3 nitrogen and oxygen atoms in total. The van der Waals surface area contributed by atoms with E-state index < -0.39 is 0 Å². The zero-order valence-corrected chi connectivity index (χ0v) is 11.8. The first-order chi connectivity index (χ1) is 8.95. The molecule has 0 aromatic heterocycles. The molecule has 1 saturated heterocycles. The molecule has 1 aliphatic carbocycles. The quantitative estimate of drug-likeness (QED) is 0.608. The van der Waals surface area contributed by atoms with Crippen LogP contribution in [0, 0.1) is 0 Å². The normalized spacial score (nSPS) is 23.3. The number of hydrogen-bond donors (Lipinski definition) is 3. The second-order valence-electron chi connectivity index (χ2n) is 5.97. The molecule has 106 valence electrons. The first-order valence-electron chi connectivity index (χ1n) is 8.12. The lowest BCUT2D eigenvalue weighted by Gasteiger charge is -2.24. The molecule has 2 rings (SSSR count). The van der Waals surface area contributed by atoms with Crippen molar-refractivity contribution in [2.75, 3.05) is 26.2 Å². The van der Waals surface area contributed by atoms with Gasteiger partial charge < -0.3 is 16.0 Å². The fourth-order valence-corrected chi connectivity index (χ4v) is 3.20. The Kier molecular flexibility index (Phi) is 7.06. The summed E-state index contributed by atoms with van der Waals surface area (Å²) in [4.78, 5) is 0. The molecular formula is C15H31N3. The van der Waals surface area contributed by atoms with Crippen molar-refractivity contribution in [1.82, 2.24) is 16.0 Å². The molecule has 0 amide bonds. The standard InChI is InChI=1S/C15H31N3/c1-2-6-14(7-3-1)17-10-4-5-11-18-15-8-12-16-13-9-15/h14-18H,1-13H2. The predicted octanol–water partition coefficient (Wildman–Crippen LogP) is 2.03. The Labute approximate surface area is 112 Å². The van der Waals surface area contributed by atoms with Crippen LogP contribution in [0.4, 0.5) is 0 Å². The van der Waals surface area contributed by atoms with Crippen molar-refractivity contribution in [3.8, 4) is 0 Å². The Hall–Kier alpha value is -0.120. The molecule has 0 atom stereocenters. The van der Waals surface area contributed by atoms with Gasteiger partial charge in [0.05, 0.1) is 0 Å². The third-order valence-corrected chi connectivity index (χ3v) is 4.41. The van der Waals surface area contributed by atoms with Gasteiger partial charge in [-0.15, -0.1) is 0 Å². The van der Waals surface area contributed by atoms with E-state index in [1.165, 1.54) is 84.0 Å². The fraction of sp³-hybridized carbons (Fsp3) is 1.00. The summed E-state index contributed by atoms with van der Waals surface area (Å²) < 4.78 is 0. The Balaban J connectivity index is 1.39. The maximum Gasteiger partial charge on any atom is 0.00912 e. The van der Waals surface area contributed by atoms with E-state index in [1.807, 2.05) is 0 Å². The monoisotopic (exact) mass is 253 g/mol. The van der Waals surface area contributed by atoms with Gasteiger partial charge in [0.25, 0.3) is 0 Å². The molecule has 1 saturated carbocycles. The van der Waals surface area contributed by atoms with E-state index in [0.717, 1.165) is 12.1 Å². The lowest BCUT2D eigenvalue weighted by molar-refractivity contribution is 0.363. The van der Waals surface area contributed by atoms with Crippen molar-refractivity contribution in [3.63, 3.8) is 0 Å². The molecular weight excluding hydrogens is 222 g/mol. The van der Waals surface area contributed by atoms with Crippen LogP contribution in [-0.2, 0) is 0 Å². The summed E-state index contributed by atoms with van der Waals surface area (Å²) in [6.45, 7) is 4.82. The molecule has 1 aliphatic heterocycles. The first-order valence-corrected chi connectivity index (χ1v) is 8.12. The molecule has 0 aromatic carbocycles. The highest BCUT2D eigenvalue weighted by atomic mass is 15.0. The fourth-order valence-electron chi connectivity index (χ4n) is 3.20. The van der Waals surface area contributed by atoms with Gasteiger partial charge >= 0.3 is 0 Å². The van der Waals surface area contributed by atoms with E-state index in [-0.39, 0.29) is 0 Å². The van der Waals surface area contributed by atoms with Crippen LogP contribution in [-0.4, -0.2) is 38.3 Å². The van der Waals surface area contributed by atoms with Gasteiger partial charge in [-0.2, -0.15) is 0 Å². The van der Waals surface area contributed by atoms with Crippen LogP contribution in [0.25, 0.3) is 0 Å². The molecule has 0 aromatic rings. The Morgan fingerprint density at radius 3 is 1.89 bits per heavy atom. The summed E-state index contributed by atoms with van der Waals surface area (Å²) in [5.74, 6) is 0. The maximum atomic E-state index is 3.72. The van der Waals surface area contributed by atoms with Crippen molar-refractivity contribution >= 4 is 0 Å². The van der Waals surface area contributed by atoms with E-state index >= 15 is 0 Å². The van der Waals surface area contributed by atoms with E-state index in [2.05, 4.69) is 16.0 Å². The van der Waals surface area contributed by atoms with Crippen LogP contribution in [0.2, 0.25) is 0 Å². The maximum absolute atomic E-state index is 3.72. The summed E-state index contributed by atoms with van der Waals surface area (Å²) in [7, 11) is 0. The van der Waals surface area contributed by atoms with Crippen LogP contribution in [0.15, 0.2) is 0 Å². The van der Waals surface area contributed by atoms with E-state index in [9.17, 15) is 0 Å². The molecule has 3 heteroatoms. The second-order valence-corrected chi connectivity index (χ2v) is 5.97. The van der Waals surface area contributed by atoms with Gasteiger partial charge in [-0.25, -0.2) is 0 Å². The predicted molar refractivity (Wildman–Crippen MR) is 78.0 cm³/mol. The van der Waals surface area contributed by atoms with Crippen LogP contribution in [0.1, 0.15) is 57.8 Å². The molecule has 0 spiro atoms. The Morgan fingerprint density at radius 2 is 1.28 bits per heavy atom. The van der Waals surface area contributed by atoms with Crippen LogP contribution in [0.3, 0.4) is 0 Å². The zero-order chi connectivity index (χ0) is 12.5. The topological polar surface area (TPSA) is 36.1 Å². The largest absolute Gasteiger partial charge is 0.317 e. The van der Waals surface area contributed by atoms with Crippen molar-refractivity contribution in [2.45, 2.75) is 69.9 Å². The van der Waals surface area contributed by atoms with Crippen molar-refractivity contribution in [3.05, 3.63) is 0 Å². The molecule has 1 heterocycles. The molecule has 3 N–H and O–H groups in total. The highest BCUT2D eigenvalue weighted by Gasteiger charge is 2.12. The highest BCUT2D eigenvalue weighted by molar-refractivity contribution is 4.74. The number of unbranched alkanes of at least 4 members (excludes halogenated alkanes) is 1. The van der Waals surface area contributed by atoms with Gasteiger partial charge in [-0.3, -0.25) is 0 Å². The van der Waals surface area contributed by atoms with Crippen LogP contribution < -0.4 is 16.0 Å². The lowest BCUT2D eigenvalue weighted by atomic mass is 9.95. The molecule has 0 radical (unpaired) electrons. The summed E-state index contributed by atoms with van der Waals surface area (Å²) in [5, 5.41) is 10.8. The van der Waals surface area contributed by atoms with Gasteiger partial charge in [-0.1, -0.05) is 19.3 Å². The van der Waals surface area contributed by atoms with Gasteiger partial charge in [-0.05, 0) is 64.7 Å². The third kappa shape index (κ3) is 5.68. The SMILES string of the molecule is C1CCC(NCCCCNC2CCNCC2)CC1. The Morgan fingerprint density at radius 1 is 0.722 bits per heavy atom. The summed E-state index contributed by atoms with van der Waals surface area (Å²) >= 11 is 0. The minimum absolute atomic E-state index is 0.776. The molecule has 18 heavy (non-hydrogen) atoms. The highest BCUT2D eigenvalue weighted by Crippen LogP contribution is 2.17. The van der Waals surface area contributed by atoms with Crippen molar-refractivity contribution in [1.29, 1.82) is 0 Å². The van der Waals surface area contributed by atoms with E-state index in [0.29, 0.717) is 0 Å². The minimum atomic E-state index is 0.776. The van der Waals surface area contributed by atoms with Gasteiger partial charge in [0, 0.05) is 12.1 Å². The average Bonchev–Trinajstić information content (AvgIpc) is 2.45. The number of piperidine rings is 1. The molecule has 0 bridgehead atoms. The Bertz CT molecular complexity index is 174. The van der Waals surface area contributed by atoms with Gasteiger partial charge in [0.15, 0.2) is 0 Å². The molecule has 2 fully saturated rings. The third-order valence-electron chi connectivity index (χ3n) is 4.41. The van der Waals surface area contributed by atoms with Crippen LogP contribution >= 0.6 is 0 Å². The lowest BCUT2D eigenvalue weighted by Crippen LogP contribution is -2.40. The minimum Gasteiger partial charge on any atom is -0.317 e. The molecule has 2 aliphatic rings. The summed E-state index contributed by atoms with van der Waals surface area (Å²) in [5.41, 5.74) is 0. The number of nitrogens with one attached hydrogen (secondary N) is 3. The van der Waals surface area contributed by atoms with Gasteiger partial charge in [0.2, 0.25) is 0 Å². The van der Waals surface area contributed by atoms with E-state index in [1.54, 1.807) is 0 Å². The average molecular weight is 253 g/mol. The number of hydrogen-bond acceptors (Lipinski definition) is 3. The summed E-state index contributed by atoms with van der Waals surface area (Å²) in [6.07, 6.45) is 12.4. The van der Waals surface area contributed by atoms with E-state index in [4.69, 9.17) is 0 Å². The van der Waals surface area contributed by atoms with Gasteiger partial charge in [0.1, 0.15) is 0 Å². The number of rotatable bonds is 7. The van der Waals surface area contributed by atoms with Crippen LogP contribution in [0.5, 0.6) is 0 Å². The van der Waals surface area contributed by atoms with Crippen molar-refractivity contribution in [2.24, 2.45) is 0 Å². The second kappa shape index (κ2) is 8.89. The summed E-state index contributed by atoms with van der Waals surface area (Å²) in [6, 6.07) is 1.61. The van der Waals surface area contributed by atoms with Crippen molar-refractivity contribution < 1.29 is 0 Å². The zero-order valence-electron chi connectivity index (χ0n) is 11.8. The molecule has 0 unspecified atom stereocenters. The smallest absolute Gasteiger partial charge is 0.00912 e. The first kappa shape index (κ1) is 14.3.